The number of benzene rings is 1. The Morgan fingerprint density at radius 3 is 2.64 bits per heavy atom. The number of aryl methyl sites for hydroxylation is 2. The number of aromatic nitrogens is 2. The maximum Gasteiger partial charge on any atom is 0.335 e. The van der Waals surface area contributed by atoms with Gasteiger partial charge in [-0.15, -0.1) is 0 Å². The van der Waals surface area contributed by atoms with Gasteiger partial charge in [0.2, 0.25) is 5.91 Å². The van der Waals surface area contributed by atoms with E-state index in [4.69, 9.17) is 5.11 Å². The number of carboxylic acids is 1. The maximum atomic E-state index is 12.7. The molecule has 0 saturated heterocycles. The van der Waals surface area contributed by atoms with E-state index < -0.39 is 5.97 Å². The van der Waals surface area contributed by atoms with Crippen molar-refractivity contribution in [2.45, 2.75) is 46.2 Å². The molecule has 3 rings (SSSR count). The van der Waals surface area contributed by atoms with Gasteiger partial charge in [-0.2, -0.15) is 5.10 Å². The zero-order valence-electron chi connectivity index (χ0n) is 14.8. The van der Waals surface area contributed by atoms with Gasteiger partial charge in [0.1, 0.15) is 0 Å². The van der Waals surface area contributed by atoms with E-state index in [0.29, 0.717) is 19.5 Å². The van der Waals surface area contributed by atoms with Gasteiger partial charge in [-0.05, 0) is 56.5 Å². The van der Waals surface area contributed by atoms with Crippen LogP contribution in [0.4, 0.5) is 0 Å². The van der Waals surface area contributed by atoms with Crippen LogP contribution >= 0.6 is 0 Å². The quantitative estimate of drug-likeness (QED) is 0.928. The highest BCUT2D eigenvalue weighted by Gasteiger charge is 2.24. The molecule has 0 fully saturated rings. The van der Waals surface area contributed by atoms with Crippen molar-refractivity contribution in [3.8, 4) is 0 Å². The summed E-state index contributed by atoms with van der Waals surface area (Å²) >= 11 is 0. The molecular weight excluding hydrogens is 318 g/mol. The van der Waals surface area contributed by atoms with Crippen molar-refractivity contribution in [1.29, 1.82) is 0 Å². The molecule has 2 aromatic rings. The van der Waals surface area contributed by atoms with Crippen molar-refractivity contribution >= 4 is 11.9 Å². The number of hydrogen-bond donors (Lipinski definition) is 1. The van der Waals surface area contributed by atoms with Gasteiger partial charge in [0.25, 0.3) is 0 Å². The number of rotatable bonds is 4. The third-order valence-electron chi connectivity index (χ3n) is 4.75. The highest BCUT2D eigenvalue weighted by Crippen LogP contribution is 2.23. The van der Waals surface area contributed by atoms with Crippen LogP contribution in [0.1, 0.15) is 52.3 Å². The molecule has 0 spiro atoms. The largest absolute Gasteiger partial charge is 0.478 e. The van der Waals surface area contributed by atoms with E-state index in [9.17, 15) is 9.59 Å². The van der Waals surface area contributed by atoms with Gasteiger partial charge >= 0.3 is 5.97 Å². The van der Waals surface area contributed by atoms with E-state index in [2.05, 4.69) is 5.10 Å². The fraction of sp³-hybridized carbons (Fsp3) is 0.421. The lowest BCUT2D eigenvalue weighted by molar-refractivity contribution is -0.132. The van der Waals surface area contributed by atoms with Crippen LogP contribution in [0.25, 0.3) is 0 Å². The van der Waals surface area contributed by atoms with Crippen LogP contribution in [0.15, 0.2) is 24.3 Å². The summed E-state index contributed by atoms with van der Waals surface area (Å²) in [5.41, 5.74) is 4.32. The lowest BCUT2D eigenvalue weighted by Crippen LogP contribution is -2.37. The summed E-state index contributed by atoms with van der Waals surface area (Å²) in [6, 6.07) is 7.17. The van der Waals surface area contributed by atoms with E-state index in [0.717, 1.165) is 28.9 Å². The number of nitrogens with zero attached hydrogens (tertiary/aromatic N) is 3. The second-order valence-corrected chi connectivity index (χ2v) is 6.78. The molecular formula is C19H23N3O3. The molecule has 0 saturated carbocycles. The molecule has 6 heteroatoms. The third-order valence-corrected chi connectivity index (χ3v) is 4.75. The number of carbonyl (C=O) groups is 2. The van der Waals surface area contributed by atoms with Crippen LogP contribution in [-0.4, -0.2) is 38.2 Å². The number of carbonyl (C=O) groups excluding carboxylic acids is 1. The molecule has 132 valence electrons. The molecule has 1 N–H and O–H groups in total. The second kappa shape index (κ2) is 6.70. The lowest BCUT2D eigenvalue weighted by Gasteiger charge is -2.30. The highest BCUT2D eigenvalue weighted by molar-refractivity contribution is 5.88. The maximum absolute atomic E-state index is 12.7. The molecule has 0 bridgehead atoms. The van der Waals surface area contributed by atoms with Crippen molar-refractivity contribution < 1.29 is 14.7 Å². The number of hydrogen-bond acceptors (Lipinski definition) is 3. The van der Waals surface area contributed by atoms with E-state index in [1.807, 2.05) is 42.5 Å². The normalized spacial score (nSPS) is 14.9. The predicted octanol–water partition coefficient (Wildman–Crippen LogP) is 2.73. The minimum atomic E-state index is -0.940. The number of aromatic carboxylic acids is 1. The van der Waals surface area contributed by atoms with Gasteiger partial charge in [0.05, 0.1) is 17.3 Å². The Morgan fingerprint density at radius 2 is 2.00 bits per heavy atom. The second-order valence-electron chi connectivity index (χ2n) is 6.78. The van der Waals surface area contributed by atoms with Crippen LogP contribution in [0.3, 0.4) is 0 Å². The van der Waals surface area contributed by atoms with Crippen molar-refractivity contribution in [3.63, 3.8) is 0 Å². The van der Waals surface area contributed by atoms with Gasteiger partial charge in [0.15, 0.2) is 0 Å². The Bertz CT molecular complexity index is 825. The monoisotopic (exact) mass is 341 g/mol. The van der Waals surface area contributed by atoms with E-state index in [1.54, 1.807) is 12.1 Å². The first-order valence-corrected chi connectivity index (χ1v) is 8.50. The summed E-state index contributed by atoms with van der Waals surface area (Å²) in [7, 11) is 0. The number of amides is 1. The first kappa shape index (κ1) is 17.2. The van der Waals surface area contributed by atoms with Gasteiger partial charge < -0.3 is 10.0 Å². The van der Waals surface area contributed by atoms with Crippen LogP contribution < -0.4 is 0 Å². The minimum Gasteiger partial charge on any atom is -0.478 e. The van der Waals surface area contributed by atoms with Gasteiger partial charge in [-0.25, -0.2) is 4.79 Å². The predicted molar refractivity (Wildman–Crippen MR) is 93.6 cm³/mol. The molecule has 25 heavy (non-hydrogen) atoms. The van der Waals surface area contributed by atoms with Crippen molar-refractivity contribution in [2.24, 2.45) is 0 Å². The van der Waals surface area contributed by atoms with Crippen LogP contribution in [-0.2, 0) is 17.8 Å². The zero-order valence-corrected chi connectivity index (χ0v) is 14.8. The Morgan fingerprint density at radius 1 is 1.24 bits per heavy atom. The number of fused-ring (bicyclic) bond motifs is 1. The Balaban J connectivity index is 1.70. The van der Waals surface area contributed by atoms with Gasteiger partial charge in [-0.3, -0.25) is 9.48 Å². The van der Waals surface area contributed by atoms with Crippen molar-refractivity contribution in [2.75, 3.05) is 6.54 Å². The molecule has 2 heterocycles. The molecule has 1 aliphatic heterocycles. The molecule has 1 aliphatic rings. The summed E-state index contributed by atoms with van der Waals surface area (Å²) in [5.74, 6) is -0.865. The van der Waals surface area contributed by atoms with Crippen LogP contribution in [0.5, 0.6) is 0 Å². The zero-order chi connectivity index (χ0) is 18.1. The average Bonchev–Trinajstić information content (AvgIpc) is 2.92. The molecule has 1 atom stereocenters. The number of carboxylic acid groups (broad SMARTS) is 1. The molecule has 0 radical (unpaired) electrons. The van der Waals surface area contributed by atoms with Crippen LogP contribution in [0.2, 0.25) is 0 Å². The van der Waals surface area contributed by atoms with E-state index in [1.165, 1.54) is 0 Å². The Labute approximate surface area is 147 Å². The molecule has 1 unspecified atom stereocenters. The first-order chi connectivity index (χ1) is 11.8. The van der Waals surface area contributed by atoms with Gasteiger partial charge in [0, 0.05) is 25.2 Å². The van der Waals surface area contributed by atoms with Crippen molar-refractivity contribution in [3.05, 3.63) is 52.3 Å². The summed E-state index contributed by atoms with van der Waals surface area (Å²) in [4.78, 5) is 25.7. The molecule has 1 aromatic carbocycles. The summed E-state index contributed by atoms with van der Waals surface area (Å²) in [6.45, 7) is 7.07. The van der Waals surface area contributed by atoms with E-state index in [-0.39, 0.29) is 17.5 Å². The molecule has 0 aliphatic carbocycles. The van der Waals surface area contributed by atoms with Gasteiger partial charge in [-0.1, -0.05) is 6.07 Å². The Hall–Kier alpha value is -2.63. The SMILES string of the molecule is Cc1cc(C)n(C(C)CC(=O)N2CCc3ccc(C(=O)O)cc3C2)n1. The summed E-state index contributed by atoms with van der Waals surface area (Å²) in [5, 5.41) is 13.6. The summed E-state index contributed by atoms with van der Waals surface area (Å²) in [6.07, 6.45) is 1.14. The lowest BCUT2D eigenvalue weighted by atomic mass is 9.97. The fourth-order valence-corrected chi connectivity index (χ4v) is 3.46. The first-order valence-electron chi connectivity index (χ1n) is 8.50. The molecule has 6 nitrogen and oxygen atoms in total. The summed E-state index contributed by atoms with van der Waals surface area (Å²) < 4.78 is 1.90. The smallest absolute Gasteiger partial charge is 0.335 e. The third kappa shape index (κ3) is 3.57. The standard InChI is InChI=1S/C19H23N3O3/c1-12-8-13(2)22(20-12)14(3)9-18(23)21-7-6-15-4-5-16(19(24)25)10-17(15)11-21/h4-5,8,10,14H,6-7,9,11H2,1-3H3,(H,24,25). The minimum absolute atomic E-state index is 0.00653. The topological polar surface area (TPSA) is 75.4 Å². The highest BCUT2D eigenvalue weighted by atomic mass is 16.4. The van der Waals surface area contributed by atoms with E-state index >= 15 is 0 Å². The van der Waals surface area contributed by atoms with Crippen LogP contribution in [0, 0.1) is 13.8 Å². The molecule has 1 aromatic heterocycles. The van der Waals surface area contributed by atoms with Crippen molar-refractivity contribution in [1.82, 2.24) is 14.7 Å². The average molecular weight is 341 g/mol. The fourth-order valence-electron chi connectivity index (χ4n) is 3.46. The Kier molecular flexibility index (Phi) is 4.61. The molecule has 1 amide bonds.